The lowest BCUT2D eigenvalue weighted by Crippen LogP contribution is -1.93. The van der Waals surface area contributed by atoms with E-state index in [2.05, 4.69) is 145 Å². The highest BCUT2D eigenvalue weighted by atomic mass is 16.3. The summed E-state index contributed by atoms with van der Waals surface area (Å²) in [6, 6.07) is 51.5. The van der Waals surface area contributed by atoms with Crippen LogP contribution in [0.15, 0.2) is 161 Å². The minimum atomic E-state index is 0.886. The standard InChI is InChI=1S/C45H29NO2/c1-27(2)28-11-8-12-29(25-28)32-16-9-18-35-36-19-10-17-33(44(36)48-43(32)35)30-21-22-38-40(26-30)46(31-13-4-3-5-14-31)39-24-23-37-34-15-6-7-20-41(34)47-45(37)42(38)39/h3-26H,1H2,2H3. The molecule has 0 atom stereocenters. The Morgan fingerprint density at radius 3 is 1.92 bits per heavy atom. The van der Waals surface area contributed by atoms with E-state index in [0.29, 0.717) is 0 Å². The number of furan rings is 2. The molecule has 10 rings (SSSR count). The van der Waals surface area contributed by atoms with Crippen molar-refractivity contribution in [2.75, 3.05) is 0 Å². The van der Waals surface area contributed by atoms with Gasteiger partial charge in [-0.2, -0.15) is 0 Å². The summed E-state index contributed by atoms with van der Waals surface area (Å²) in [6.45, 7) is 6.20. The Hall–Kier alpha value is -6.32. The minimum absolute atomic E-state index is 0.886. The number of allylic oxidation sites excluding steroid dienone is 1. The lowest BCUT2D eigenvalue weighted by Gasteiger charge is -2.09. The Labute approximate surface area is 276 Å². The summed E-state index contributed by atoms with van der Waals surface area (Å²) in [5.41, 5.74) is 13.5. The van der Waals surface area contributed by atoms with Gasteiger partial charge in [-0.05, 0) is 66.1 Å². The normalized spacial score (nSPS) is 11.9. The number of rotatable bonds is 4. The summed E-state index contributed by atoms with van der Waals surface area (Å²) in [6.07, 6.45) is 0. The van der Waals surface area contributed by atoms with Gasteiger partial charge in [0.15, 0.2) is 0 Å². The molecule has 226 valence electrons. The predicted octanol–water partition coefficient (Wildman–Crippen LogP) is 12.9. The van der Waals surface area contributed by atoms with Gasteiger partial charge in [0.05, 0.1) is 16.4 Å². The third-order valence-electron chi connectivity index (χ3n) is 9.79. The van der Waals surface area contributed by atoms with Gasteiger partial charge in [-0.25, -0.2) is 0 Å². The van der Waals surface area contributed by atoms with Crippen LogP contribution in [0.2, 0.25) is 0 Å². The molecule has 0 saturated carbocycles. The lowest BCUT2D eigenvalue weighted by molar-refractivity contribution is 0.671. The summed E-state index contributed by atoms with van der Waals surface area (Å²) >= 11 is 0. The van der Waals surface area contributed by atoms with Crippen LogP contribution in [0.5, 0.6) is 0 Å². The fraction of sp³-hybridized carbons (Fsp3) is 0.0222. The fourth-order valence-electron chi connectivity index (χ4n) is 7.53. The van der Waals surface area contributed by atoms with E-state index in [9.17, 15) is 0 Å². The van der Waals surface area contributed by atoms with Crippen LogP contribution in [0.3, 0.4) is 0 Å². The molecule has 0 saturated heterocycles. The average molecular weight is 616 g/mol. The average Bonchev–Trinajstić information content (AvgIpc) is 3.81. The molecule has 10 aromatic rings. The molecule has 0 unspecified atom stereocenters. The summed E-state index contributed by atoms with van der Waals surface area (Å²) in [5, 5.41) is 6.75. The molecule has 0 N–H and O–H groups in total. The van der Waals surface area contributed by atoms with Crippen LogP contribution in [0, 0.1) is 0 Å². The predicted molar refractivity (Wildman–Crippen MR) is 201 cm³/mol. The van der Waals surface area contributed by atoms with Crippen LogP contribution in [0.25, 0.3) is 99.2 Å². The molecule has 3 nitrogen and oxygen atoms in total. The third kappa shape index (κ3) is 3.82. The highest BCUT2D eigenvalue weighted by Crippen LogP contribution is 2.44. The van der Waals surface area contributed by atoms with Crippen molar-refractivity contribution in [2.45, 2.75) is 6.92 Å². The highest BCUT2D eigenvalue weighted by Gasteiger charge is 2.21. The first-order valence-corrected chi connectivity index (χ1v) is 16.3. The van der Waals surface area contributed by atoms with Gasteiger partial charge in [0.2, 0.25) is 0 Å². The second-order valence-corrected chi connectivity index (χ2v) is 12.7. The van der Waals surface area contributed by atoms with Crippen LogP contribution >= 0.6 is 0 Å². The zero-order chi connectivity index (χ0) is 31.9. The van der Waals surface area contributed by atoms with Crippen LogP contribution in [-0.2, 0) is 0 Å². The van der Waals surface area contributed by atoms with E-state index in [-0.39, 0.29) is 0 Å². The quantitative estimate of drug-likeness (QED) is 0.197. The van der Waals surface area contributed by atoms with E-state index in [0.717, 1.165) is 105 Å². The number of benzene rings is 7. The maximum absolute atomic E-state index is 6.86. The minimum Gasteiger partial charge on any atom is -0.455 e. The summed E-state index contributed by atoms with van der Waals surface area (Å²) in [7, 11) is 0. The molecule has 0 aliphatic carbocycles. The molecule has 0 bridgehead atoms. The molecule has 0 amide bonds. The number of hydrogen-bond acceptors (Lipinski definition) is 2. The Morgan fingerprint density at radius 1 is 0.500 bits per heavy atom. The van der Waals surface area contributed by atoms with Gasteiger partial charge in [0.1, 0.15) is 22.3 Å². The summed E-state index contributed by atoms with van der Waals surface area (Å²) in [4.78, 5) is 0. The van der Waals surface area contributed by atoms with Crippen LogP contribution in [0.4, 0.5) is 0 Å². The molecular formula is C45H29NO2. The molecule has 3 heteroatoms. The van der Waals surface area contributed by atoms with Crippen molar-refractivity contribution in [1.29, 1.82) is 0 Å². The number of fused-ring (bicyclic) bond motifs is 10. The summed E-state index contributed by atoms with van der Waals surface area (Å²) < 4.78 is 15.8. The topological polar surface area (TPSA) is 31.2 Å². The van der Waals surface area contributed by atoms with Gasteiger partial charge >= 0.3 is 0 Å². The van der Waals surface area contributed by atoms with Crippen molar-refractivity contribution in [3.8, 4) is 27.9 Å². The highest BCUT2D eigenvalue weighted by molar-refractivity contribution is 6.24. The van der Waals surface area contributed by atoms with E-state index in [4.69, 9.17) is 8.83 Å². The van der Waals surface area contributed by atoms with Gasteiger partial charge in [0.25, 0.3) is 0 Å². The van der Waals surface area contributed by atoms with E-state index in [1.807, 2.05) is 19.1 Å². The molecule has 0 aliphatic rings. The van der Waals surface area contributed by atoms with Gasteiger partial charge < -0.3 is 13.4 Å². The van der Waals surface area contributed by atoms with Crippen molar-refractivity contribution in [2.24, 2.45) is 0 Å². The zero-order valence-corrected chi connectivity index (χ0v) is 26.3. The second-order valence-electron chi connectivity index (χ2n) is 12.7. The first-order valence-electron chi connectivity index (χ1n) is 16.3. The zero-order valence-electron chi connectivity index (χ0n) is 26.3. The SMILES string of the molecule is C=C(C)c1cccc(-c2cccc3c2oc2c(-c4ccc5c6c7oc8ccccc8c7ccc6n(-c6ccccc6)c5c4)cccc23)c1. The number of aromatic nitrogens is 1. The van der Waals surface area contributed by atoms with Gasteiger partial charge in [-0.3, -0.25) is 0 Å². The molecule has 3 aromatic heterocycles. The van der Waals surface area contributed by atoms with Crippen molar-refractivity contribution in [3.63, 3.8) is 0 Å². The first kappa shape index (κ1) is 26.9. The van der Waals surface area contributed by atoms with Crippen molar-refractivity contribution < 1.29 is 8.83 Å². The van der Waals surface area contributed by atoms with Crippen LogP contribution in [0.1, 0.15) is 12.5 Å². The van der Waals surface area contributed by atoms with Gasteiger partial charge in [-0.15, -0.1) is 0 Å². The molecule has 3 heterocycles. The maximum Gasteiger partial charge on any atom is 0.145 e. The van der Waals surface area contributed by atoms with E-state index >= 15 is 0 Å². The molecule has 0 radical (unpaired) electrons. The Bertz CT molecular complexity index is 2920. The van der Waals surface area contributed by atoms with Crippen molar-refractivity contribution in [1.82, 2.24) is 4.57 Å². The smallest absolute Gasteiger partial charge is 0.145 e. The summed E-state index contributed by atoms with van der Waals surface area (Å²) in [5.74, 6) is 0. The number of hydrogen-bond donors (Lipinski definition) is 0. The Morgan fingerprint density at radius 2 is 1.15 bits per heavy atom. The number of para-hydroxylation sites is 4. The molecule has 0 aliphatic heterocycles. The first-order chi connectivity index (χ1) is 23.6. The van der Waals surface area contributed by atoms with Gasteiger partial charge in [-0.1, -0.05) is 115 Å². The largest absolute Gasteiger partial charge is 0.455 e. The fourth-order valence-corrected chi connectivity index (χ4v) is 7.53. The molecule has 48 heavy (non-hydrogen) atoms. The number of nitrogens with zero attached hydrogens (tertiary/aromatic N) is 1. The second kappa shape index (κ2) is 10.1. The molecule has 7 aromatic carbocycles. The van der Waals surface area contributed by atoms with Crippen LogP contribution < -0.4 is 0 Å². The van der Waals surface area contributed by atoms with Gasteiger partial charge in [0, 0.05) is 43.7 Å². The Balaban J connectivity index is 1.24. The monoisotopic (exact) mass is 615 g/mol. The molecular weight excluding hydrogens is 587 g/mol. The van der Waals surface area contributed by atoms with Crippen molar-refractivity contribution >= 4 is 71.3 Å². The maximum atomic E-state index is 6.86. The molecule has 0 fully saturated rings. The molecule has 0 spiro atoms. The van der Waals surface area contributed by atoms with Crippen molar-refractivity contribution in [3.05, 3.63) is 158 Å². The van der Waals surface area contributed by atoms with E-state index < -0.39 is 0 Å². The van der Waals surface area contributed by atoms with E-state index in [1.165, 1.54) is 0 Å². The lowest BCUT2D eigenvalue weighted by atomic mass is 9.98. The van der Waals surface area contributed by atoms with E-state index in [1.54, 1.807) is 0 Å². The third-order valence-corrected chi connectivity index (χ3v) is 9.79. The van der Waals surface area contributed by atoms with Crippen LogP contribution in [-0.4, -0.2) is 4.57 Å². The Kier molecular flexibility index (Phi) is 5.64.